The van der Waals surface area contributed by atoms with E-state index in [0.29, 0.717) is 5.76 Å². The van der Waals surface area contributed by atoms with E-state index in [0.717, 1.165) is 6.07 Å². The Morgan fingerprint density at radius 1 is 1.43 bits per heavy atom. The number of furan rings is 1. The van der Waals surface area contributed by atoms with Crippen molar-refractivity contribution in [2.24, 2.45) is 5.73 Å². The highest BCUT2D eigenvalue weighted by molar-refractivity contribution is 7.86. The van der Waals surface area contributed by atoms with E-state index in [4.69, 9.17) is 26.3 Å². The summed E-state index contributed by atoms with van der Waals surface area (Å²) >= 11 is 5.80. The summed E-state index contributed by atoms with van der Waals surface area (Å²) in [5.41, 5.74) is 5.32. The van der Waals surface area contributed by atoms with Gasteiger partial charge in [-0.1, -0.05) is 11.6 Å². The van der Waals surface area contributed by atoms with Crippen LogP contribution in [0.4, 0.5) is 5.69 Å². The Labute approximate surface area is 125 Å². The smallest absolute Gasteiger partial charge is 0.296 e. The first-order valence-corrected chi connectivity index (χ1v) is 7.48. The van der Waals surface area contributed by atoms with Crippen molar-refractivity contribution in [1.82, 2.24) is 0 Å². The van der Waals surface area contributed by atoms with Crippen LogP contribution in [0.2, 0.25) is 5.02 Å². The maximum absolute atomic E-state index is 11.4. The monoisotopic (exact) mass is 330 g/mol. The van der Waals surface area contributed by atoms with Crippen LogP contribution < -0.4 is 11.1 Å². The van der Waals surface area contributed by atoms with Crippen LogP contribution in [0, 0.1) is 0 Å². The lowest BCUT2D eigenvalue weighted by molar-refractivity contribution is 0.100. The molecule has 0 unspecified atom stereocenters. The highest BCUT2D eigenvalue weighted by atomic mass is 35.5. The summed E-state index contributed by atoms with van der Waals surface area (Å²) in [6.45, 7) is 0.245. The van der Waals surface area contributed by atoms with Gasteiger partial charge in [0, 0.05) is 5.69 Å². The molecule has 7 nitrogen and oxygen atoms in total. The van der Waals surface area contributed by atoms with Gasteiger partial charge in [0.2, 0.25) is 0 Å². The first-order chi connectivity index (χ1) is 9.79. The fourth-order valence-electron chi connectivity index (χ4n) is 1.70. The summed E-state index contributed by atoms with van der Waals surface area (Å²) in [7, 11) is -4.55. The predicted octanol–water partition coefficient (Wildman–Crippen LogP) is 1.89. The minimum absolute atomic E-state index is 0.112. The van der Waals surface area contributed by atoms with E-state index >= 15 is 0 Å². The molecule has 0 bridgehead atoms. The Morgan fingerprint density at radius 2 is 2.14 bits per heavy atom. The van der Waals surface area contributed by atoms with Crippen LogP contribution in [0.3, 0.4) is 0 Å². The molecule has 1 amide bonds. The summed E-state index contributed by atoms with van der Waals surface area (Å²) in [5, 5.41) is 2.63. The molecule has 0 saturated heterocycles. The molecule has 0 aliphatic carbocycles. The van der Waals surface area contributed by atoms with Gasteiger partial charge in [0.15, 0.2) is 0 Å². The van der Waals surface area contributed by atoms with E-state index in [1.165, 1.54) is 12.3 Å². The summed E-state index contributed by atoms with van der Waals surface area (Å²) in [6.07, 6.45) is 1.49. The maximum Gasteiger partial charge on any atom is 0.296 e. The van der Waals surface area contributed by atoms with Crippen molar-refractivity contribution >= 4 is 33.3 Å². The zero-order valence-corrected chi connectivity index (χ0v) is 12.1. The fourth-order valence-corrected chi connectivity index (χ4v) is 2.72. The van der Waals surface area contributed by atoms with Gasteiger partial charge in [0.25, 0.3) is 16.0 Å². The predicted molar refractivity (Wildman–Crippen MR) is 75.8 cm³/mol. The highest BCUT2D eigenvalue weighted by Gasteiger charge is 2.20. The Balaban J connectivity index is 2.41. The quantitative estimate of drug-likeness (QED) is 0.719. The number of benzene rings is 1. The second kappa shape index (κ2) is 5.76. The first kappa shape index (κ1) is 15.4. The van der Waals surface area contributed by atoms with Gasteiger partial charge in [-0.15, -0.1) is 0 Å². The zero-order valence-electron chi connectivity index (χ0n) is 10.5. The molecule has 2 aromatic rings. The average molecular weight is 331 g/mol. The van der Waals surface area contributed by atoms with Crippen molar-refractivity contribution in [2.45, 2.75) is 11.4 Å². The topological polar surface area (TPSA) is 123 Å². The molecular formula is C12H11ClN2O5S. The normalized spacial score (nSPS) is 11.3. The van der Waals surface area contributed by atoms with Gasteiger partial charge in [0.05, 0.1) is 23.4 Å². The number of amides is 1. The van der Waals surface area contributed by atoms with E-state index < -0.39 is 20.9 Å². The molecule has 4 N–H and O–H groups in total. The third-order valence-electron chi connectivity index (χ3n) is 2.65. The molecule has 0 spiro atoms. The molecule has 1 aromatic carbocycles. The number of primary amides is 1. The van der Waals surface area contributed by atoms with Gasteiger partial charge in [-0.3, -0.25) is 9.35 Å². The van der Waals surface area contributed by atoms with Crippen LogP contribution in [-0.2, 0) is 16.7 Å². The number of nitrogens with two attached hydrogens (primary N) is 1. The molecule has 0 saturated carbocycles. The van der Waals surface area contributed by atoms with Gasteiger partial charge in [-0.25, -0.2) is 0 Å². The molecule has 0 aliphatic heterocycles. The lowest BCUT2D eigenvalue weighted by Gasteiger charge is -2.11. The largest absolute Gasteiger partial charge is 0.467 e. The Morgan fingerprint density at radius 3 is 2.67 bits per heavy atom. The summed E-state index contributed by atoms with van der Waals surface area (Å²) in [4.78, 5) is 10.8. The van der Waals surface area contributed by atoms with Crippen LogP contribution in [-0.4, -0.2) is 18.9 Å². The number of anilines is 1. The van der Waals surface area contributed by atoms with Gasteiger partial charge < -0.3 is 15.5 Å². The standard InChI is InChI=1S/C12H11ClN2O5S/c13-9-5-10(15-6-7-2-1-3-20-7)8(12(14)16)4-11(9)21(17,18)19/h1-5,15H,6H2,(H2,14,16)(H,17,18,19). The van der Waals surface area contributed by atoms with Crippen LogP contribution in [0.25, 0.3) is 0 Å². The number of nitrogens with one attached hydrogen (secondary N) is 1. The number of carbonyl (C=O) groups is 1. The number of rotatable bonds is 5. The lowest BCUT2D eigenvalue weighted by atomic mass is 10.1. The number of halogens is 1. The molecule has 0 atom stereocenters. The maximum atomic E-state index is 11.4. The third-order valence-corrected chi connectivity index (χ3v) is 3.97. The molecule has 9 heteroatoms. The molecule has 1 heterocycles. The van der Waals surface area contributed by atoms with E-state index in [2.05, 4.69) is 5.32 Å². The van der Waals surface area contributed by atoms with Gasteiger partial charge in [-0.2, -0.15) is 8.42 Å². The minimum atomic E-state index is -4.55. The van der Waals surface area contributed by atoms with Crippen molar-refractivity contribution < 1.29 is 22.2 Å². The van der Waals surface area contributed by atoms with Crippen LogP contribution in [0.5, 0.6) is 0 Å². The van der Waals surface area contributed by atoms with Gasteiger partial charge >= 0.3 is 0 Å². The van der Waals surface area contributed by atoms with Crippen LogP contribution >= 0.6 is 11.6 Å². The minimum Gasteiger partial charge on any atom is -0.467 e. The van der Waals surface area contributed by atoms with Gasteiger partial charge in [0.1, 0.15) is 10.7 Å². The summed E-state index contributed by atoms with van der Waals surface area (Å²) < 4.78 is 36.5. The Kier molecular flexibility index (Phi) is 4.21. The third kappa shape index (κ3) is 3.54. The molecule has 0 fully saturated rings. The molecule has 2 rings (SSSR count). The molecule has 112 valence electrons. The van der Waals surface area contributed by atoms with Crippen molar-refractivity contribution in [1.29, 1.82) is 0 Å². The second-order valence-corrected chi connectivity index (χ2v) is 5.90. The second-order valence-electron chi connectivity index (χ2n) is 4.10. The van der Waals surface area contributed by atoms with Crippen molar-refractivity contribution in [2.75, 3.05) is 5.32 Å². The average Bonchev–Trinajstić information content (AvgIpc) is 2.87. The van der Waals surface area contributed by atoms with E-state index in [-0.39, 0.29) is 22.8 Å². The molecule has 0 aliphatic rings. The zero-order chi connectivity index (χ0) is 15.6. The lowest BCUT2D eigenvalue weighted by Crippen LogP contribution is -2.16. The molecule has 21 heavy (non-hydrogen) atoms. The van der Waals surface area contributed by atoms with E-state index in [9.17, 15) is 13.2 Å². The van der Waals surface area contributed by atoms with Gasteiger partial charge in [-0.05, 0) is 24.3 Å². The molecule has 1 aromatic heterocycles. The summed E-state index contributed by atoms with van der Waals surface area (Å²) in [6, 6.07) is 5.53. The van der Waals surface area contributed by atoms with E-state index in [1.54, 1.807) is 12.1 Å². The number of hydrogen-bond acceptors (Lipinski definition) is 5. The van der Waals surface area contributed by atoms with Crippen molar-refractivity contribution in [3.8, 4) is 0 Å². The Hall–Kier alpha value is -2.03. The SMILES string of the molecule is NC(=O)c1cc(S(=O)(=O)O)c(Cl)cc1NCc1ccco1. The number of hydrogen-bond donors (Lipinski definition) is 3. The van der Waals surface area contributed by atoms with Crippen LogP contribution in [0.1, 0.15) is 16.1 Å². The molecular weight excluding hydrogens is 320 g/mol. The van der Waals surface area contributed by atoms with Crippen LogP contribution in [0.15, 0.2) is 39.8 Å². The highest BCUT2D eigenvalue weighted by Crippen LogP contribution is 2.29. The Bertz CT molecular complexity index is 771. The fraction of sp³-hybridized carbons (Fsp3) is 0.0833. The number of carbonyl (C=O) groups excluding carboxylic acids is 1. The van der Waals surface area contributed by atoms with Crippen molar-refractivity contribution in [3.63, 3.8) is 0 Å². The summed E-state index contributed by atoms with van der Waals surface area (Å²) in [5.74, 6) is -0.265. The molecule has 0 radical (unpaired) electrons. The first-order valence-electron chi connectivity index (χ1n) is 5.66. The van der Waals surface area contributed by atoms with Crippen molar-refractivity contribution in [3.05, 3.63) is 46.9 Å². The van der Waals surface area contributed by atoms with E-state index in [1.807, 2.05) is 0 Å².